The number of carbonyl (C=O) groups is 1. The van der Waals surface area contributed by atoms with Crippen LogP contribution < -0.4 is 5.32 Å². The Hall–Kier alpha value is -2.20. The number of anilines is 1. The lowest BCUT2D eigenvalue weighted by Crippen LogP contribution is -2.24. The summed E-state index contributed by atoms with van der Waals surface area (Å²) in [4.78, 5) is 16.3. The Balaban J connectivity index is 2.23. The molecule has 1 aromatic carbocycles. The molecule has 0 saturated carbocycles. The molecule has 1 amide bonds. The first-order valence-electron chi connectivity index (χ1n) is 6.52. The Bertz CT molecular complexity index is 570. The molecule has 104 valence electrons. The molecule has 0 fully saturated rings. The number of aromatic nitrogens is 1. The lowest BCUT2D eigenvalue weighted by molar-refractivity contribution is -0.120. The van der Waals surface area contributed by atoms with Gasteiger partial charge in [0, 0.05) is 18.9 Å². The molecule has 1 aromatic heterocycles. The number of nitrogens with zero attached hydrogens (tertiary/aromatic N) is 1. The third-order valence-electron chi connectivity index (χ3n) is 3.00. The normalized spacial score (nSPS) is 11.9. The van der Waals surface area contributed by atoms with Crippen LogP contribution >= 0.6 is 0 Å². The number of amides is 1. The Morgan fingerprint density at radius 3 is 2.70 bits per heavy atom. The van der Waals surface area contributed by atoms with Crippen molar-refractivity contribution in [1.82, 2.24) is 4.98 Å². The van der Waals surface area contributed by atoms with E-state index in [1.54, 1.807) is 13.3 Å². The largest absolute Gasteiger partial charge is 0.384 e. The summed E-state index contributed by atoms with van der Waals surface area (Å²) < 4.78 is 5.00. The van der Waals surface area contributed by atoms with Crippen LogP contribution in [0.4, 0.5) is 5.82 Å². The monoisotopic (exact) mass is 270 g/mol. The van der Waals surface area contributed by atoms with Crippen molar-refractivity contribution >= 4 is 11.7 Å². The first-order valence-corrected chi connectivity index (χ1v) is 6.52. The lowest BCUT2D eigenvalue weighted by Gasteiger charge is -2.13. The Morgan fingerprint density at radius 2 is 2.00 bits per heavy atom. The van der Waals surface area contributed by atoms with Crippen LogP contribution in [0.2, 0.25) is 0 Å². The topological polar surface area (TPSA) is 51.2 Å². The number of carbonyl (C=O) groups excluding carboxylic acids is 1. The molecule has 0 aliphatic rings. The zero-order valence-electron chi connectivity index (χ0n) is 11.7. The van der Waals surface area contributed by atoms with E-state index in [1.807, 2.05) is 49.4 Å². The van der Waals surface area contributed by atoms with Crippen LogP contribution in [0.3, 0.4) is 0 Å². The minimum absolute atomic E-state index is 0.0947. The van der Waals surface area contributed by atoms with Gasteiger partial charge in [0.2, 0.25) is 5.91 Å². The van der Waals surface area contributed by atoms with Gasteiger partial charge >= 0.3 is 0 Å². The van der Waals surface area contributed by atoms with Crippen LogP contribution in [0.5, 0.6) is 0 Å². The molecule has 4 heteroatoms. The van der Waals surface area contributed by atoms with Crippen LogP contribution in [-0.2, 0) is 9.53 Å². The Labute approximate surface area is 118 Å². The smallest absolute Gasteiger partial charge is 0.230 e. The molecule has 1 unspecified atom stereocenters. The van der Waals surface area contributed by atoms with E-state index in [0.29, 0.717) is 12.4 Å². The van der Waals surface area contributed by atoms with Crippen molar-refractivity contribution in [2.75, 3.05) is 19.0 Å². The van der Waals surface area contributed by atoms with E-state index in [4.69, 9.17) is 4.74 Å². The fourth-order valence-corrected chi connectivity index (χ4v) is 1.92. The molecule has 0 bridgehead atoms. The van der Waals surface area contributed by atoms with Crippen molar-refractivity contribution in [3.8, 4) is 11.1 Å². The average Bonchev–Trinajstić information content (AvgIpc) is 2.49. The third-order valence-corrected chi connectivity index (χ3v) is 3.00. The molecule has 0 spiro atoms. The summed E-state index contributed by atoms with van der Waals surface area (Å²) in [6, 6.07) is 13.7. The van der Waals surface area contributed by atoms with Gasteiger partial charge in [-0.15, -0.1) is 0 Å². The van der Waals surface area contributed by atoms with Crippen LogP contribution in [0.1, 0.15) is 6.92 Å². The molecule has 0 aliphatic carbocycles. The summed E-state index contributed by atoms with van der Waals surface area (Å²) in [5.41, 5.74) is 1.93. The number of ether oxygens (including phenoxy) is 1. The summed E-state index contributed by atoms with van der Waals surface area (Å²) in [6.45, 7) is 2.21. The second-order valence-corrected chi connectivity index (χ2v) is 4.61. The van der Waals surface area contributed by atoms with Gasteiger partial charge in [0.15, 0.2) is 0 Å². The van der Waals surface area contributed by atoms with Gasteiger partial charge in [0.25, 0.3) is 0 Å². The fourth-order valence-electron chi connectivity index (χ4n) is 1.92. The van der Waals surface area contributed by atoms with Crippen molar-refractivity contribution in [3.05, 3.63) is 48.7 Å². The van der Waals surface area contributed by atoms with Gasteiger partial charge in [0.1, 0.15) is 5.82 Å². The van der Waals surface area contributed by atoms with Crippen molar-refractivity contribution in [1.29, 1.82) is 0 Å². The summed E-state index contributed by atoms with van der Waals surface area (Å²) in [5, 5.41) is 2.86. The fraction of sp³-hybridized carbons (Fsp3) is 0.250. The first-order chi connectivity index (χ1) is 9.72. The molecule has 4 nitrogen and oxygen atoms in total. The van der Waals surface area contributed by atoms with Crippen LogP contribution in [0.25, 0.3) is 11.1 Å². The van der Waals surface area contributed by atoms with Gasteiger partial charge in [-0.1, -0.05) is 37.3 Å². The highest BCUT2D eigenvalue weighted by atomic mass is 16.5. The number of hydrogen-bond donors (Lipinski definition) is 1. The second-order valence-electron chi connectivity index (χ2n) is 4.61. The standard InChI is InChI=1S/C16H18N2O2/c1-12(11-20-2)16(19)18-15-14(9-6-10-17-15)13-7-4-3-5-8-13/h3-10,12H,11H2,1-2H3,(H,17,18,19). The van der Waals surface area contributed by atoms with Gasteiger partial charge < -0.3 is 10.1 Å². The number of rotatable bonds is 5. The minimum atomic E-state index is -0.217. The Kier molecular flexibility index (Phi) is 4.85. The summed E-state index contributed by atoms with van der Waals surface area (Å²) >= 11 is 0. The maximum Gasteiger partial charge on any atom is 0.230 e. The molecule has 1 N–H and O–H groups in total. The number of nitrogens with one attached hydrogen (secondary N) is 1. The average molecular weight is 270 g/mol. The predicted octanol–water partition coefficient (Wildman–Crippen LogP) is 2.97. The summed E-state index contributed by atoms with van der Waals surface area (Å²) in [6.07, 6.45) is 1.67. The number of methoxy groups -OCH3 is 1. The van der Waals surface area contributed by atoms with Crippen molar-refractivity contribution in [2.45, 2.75) is 6.92 Å². The van der Waals surface area contributed by atoms with E-state index in [-0.39, 0.29) is 11.8 Å². The van der Waals surface area contributed by atoms with E-state index < -0.39 is 0 Å². The van der Waals surface area contributed by atoms with Crippen LogP contribution in [0.15, 0.2) is 48.7 Å². The van der Waals surface area contributed by atoms with E-state index >= 15 is 0 Å². The second kappa shape index (κ2) is 6.82. The van der Waals surface area contributed by atoms with E-state index in [0.717, 1.165) is 11.1 Å². The molecule has 20 heavy (non-hydrogen) atoms. The number of benzene rings is 1. The lowest BCUT2D eigenvalue weighted by atomic mass is 10.1. The molecular formula is C16H18N2O2. The molecule has 0 radical (unpaired) electrons. The summed E-state index contributed by atoms with van der Waals surface area (Å²) in [5.74, 6) is 0.264. The van der Waals surface area contributed by atoms with Gasteiger partial charge in [0.05, 0.1) is 12.5 Å². The zero-order chi connectivity index (χ0) is 14.4. The molecular weight excluding hydrogens is 252 g/mol. The van der Waals surface area contributed by atoms with Gasteiger partial charge in [-0.05, 0) is 17.7 Å². The number of pyridine rings is 1. The SMILES string of the molecule is COCC(C)C(=O)Nc1ncccc1-c1ccccc1. The highest BCUT2D eigenvalue weighted by Gasteiger charge is 2.15. The number of hydrogen-bond acceptors (Lipinski definition) is 3. The molecule has 1 heterocycles. The molecule has 0 aliphatic heterocycles. The highest BCUT2D eigenvalue weighted by molar-refractivity contribution is 5.95. The predicted molar refractivity (Wildman–Crippen MR) is 79.3 cm³/mol. The molecule has 1 atom stereocenters. The third kappa shape index (κ3) is 3.42. The maximum atomic E-state index is 12.1. The first kappa shape index (κ1) is 14.2. The van der Waals surface area contributed by atoms with Gasteiger partial charge in [-0.25, -0.2) is 4.98 Å². The quantitative estimate of drug-likeness (QED) is 0.908. The van der Waals surface area contributed by atoms with Crippen molar-refractivity contribution in [3.63, 3.8) is 0 Å². The van der Waals surface area contributed by atoms with Gasteiger partial charge in [-0.3, -0.25) is 4.79 Å². The van der Waals surface area contributed by atoms with E-state index in [1.165, 1.54) is 0 Å². The molecule has 2 rings (SSSR count). The van der Waals surface area contributed by atoms with Gasteiger partial charge in [-0.2, -0.15) is 0 Å². The minimum Gasteiger partial charge on any atom is -0.384 e. The Morgan fingerprint density at radius 1 is 1.25 bits per heavy atom. The van der Waals surface area contributed by atoms with Crippen molar-refractivity contribution < 1.29 is 9.53 Å². The van der Waals surface area contributed by atoms with Crippen LogP contribution in [0, 0.1) is 5.92 Å². The summed E-state index contributed by atoms with van der Waals surface area (Å²) in [7, 11) is 1.58. The maximum absolute atomic E-state index is 12.1. The van der Waals surface area contributed by atoms with Crippen molar-refractivity contribution in [2.24, 2.45) is 5.92 Å². The molecule has 2 aromatic rings. The van der Waals surface area contributed by atoms with E-state index in [9.17, 15) is 4.79 Å². The van der Waals surface area contributed by atoms with E-state index in [2.05, 4.69) is 10.3 Å². The molecule has 0 saturated heterocycles. The zero-order valence-corrected chi connectivity index (χ0v) is 11.7. The van der Waals surface area contributed by atoms with Crippen LogP contribution in [-0.4, -0.2) is 24.6 Å². The highest BCUT2D eigenvalue weighted by Crippen LogP contribution is 2.25.